The van der Waals surface area contributed by atoms with Crippen molar-refractivity contribution in [1.29, 1.82) is 0 Å². The Labute approximate surface area is 109 Å². The molecule has 1 aromatic heterocycles. The maximum atomic E-state index is 13.6. The summed E-state index contributed by atoms with van der Waals surface area (Å²) in [7, 11) is 0. The van der Waals surface area contributed by atoms with Gasteiger partial charge in [-0.15, -0.1) is 0 Å². The molecule has 0 fully saturated rings. The maximum Gasteiger partial charge on any atom is 0.126 e. The second kappa shape index (κ2) is 5.17. The number of hydrogen-bond acceptors (Lipinski definition) is 2. The number of rotatable bonds is 3. The molecule has 1 aromatic carbocycles. The Kier molecular flexibility index (Phi) is 3.82. The van der Waals surface area contributed by atoms with Gasteiger partial charge in [-0.25, -0.2) is 4.39 Å². The lowest BCUT2D eigenvalue weighted by Crippen LogP contribution is -2.14. The molecule has 0 aliphatic rings. The van der Waals surface area contributed by atoms with E-state index in [0.717, 1.165) is 11.1 Å². The fourth-order valence-corrected chi connectivity index (χ4v) is 2.91. The average molecular weight is 270 g/mol. The predicted molar refractivity (Wildman–Crippen MR) is 71.1 cm³/mol. The van der Waals surface area contributed by atoms with E-state index in [0.29, 0.717) is 17.0 Å². The van der Waals surface area contributed by atoms with E-state index in [4.69, 9.17) is 17.3 Å². The molecule has 0 spiro atoms. The summed E-state index contributed by atoms with van der Waals surface area (Å²) in [4.78, 5) is 0. The number of thiophene rings is 1. The molecule has 17 heavy (non-hydrogen) atoms. The van der Waals surface area contributed by atoms with E-state index in [1.807, 2.05) is 17.7 Å². The minimum Gasteiger partial charge on any atom is -0.324 e. The number of nitrogens with two attached hydrogens (primary N) is 1. The van der Waals surface area contributed by atoms with Crippen molar-refractivity contribution in [3.05, 3.63) is 56.5 Å². The molecule has 1 atom stereocenters. The van der Waals surface area contributed by atoms with Gasteiger partial charge in [-0.3, -0.25) is 0 Å². The molecule has 0 aliphatic heterocycles. The van der Waals surface area contributed by atoms with Gasteiger partial charge in [0.15, 0.2) is 0 Å². The molecule has 0 radical (unpaired) electrons. The number of halogens is 2. The molecule has 2 rings (SSSR count). The Morgan fingerprint density at radius 1 is 1.41 bits per heavy atom. The molecule has 4 heteroatoms. The van der Waals surface area contributed by atoms with Crippen LogP contribution in [0.2, 0.25) is 5.02 Å². The highest BCUT2D eigenvalue weighted by atomic mass is 35.5. The quantitative estimate of drug-likeness (QED) is 0.892. The number of hydrogen-bond donors (Lipinski definition) is 1. The molecule has 0 bridgehead atoms. The molecule has 90 valence electrons. The summed E-state index contributed by atoms with van der Waals surface area (Å²) in [6.07, 6.45) is 0.462. The SMILES string of the molecule is Cc1cscc1C(N)Cc1cc(Cl)ccc1F. The summed E-state index contributed by atoms with van der Waals surface area (Å²) in [6.45, 7) is 2.01. The molecule has 2 N–H and O–H groups in total. The Morgan fingerprint density at radius 2 is 2.18 bits per heavy atom. The van der Waals surface area contributed by atoms with Gasteiger partial charge in [-0.05, 0) is 59.0 Å². The Bertz CT molecular complexity index is 524. The van der Waals surface area contributed by atoms with E-state index in [1.165, 1.54) is 6.07 Å². The lowest BCUT2D eigenvalue weighted by Gasteiger charge is -2.12. The minimum atomic E-state index is -0.252. The van der Waals surface area contributed by atoms with Gasteiger partial charge in [0.05, 0.1) is 0 Å². The van der Waals surface area contributed by atoms with Gasteiger partial charge in [-0.1, -0.05) is 11.6 Å². The third-order valence-corrected chi connectivity index (χ3v) is 3.86. The first-order chi connectivity index (χ1) is 8.08. The van der Waals surface area contributed by atoms with Crippen LogP contribution in [0.15, 0.2) is 29.0 Å². The highest BCUT2D eigenvalue weighted by Gasteiger charge is 2.13. The first-order valence-electron chi connectivity index (χ1n) is 5.30. The normalized spacial score (nSPS) is 12.7. The van der Waals surface area contributed by atoms with Crippen molar-refractivity contribution in [1.82, 2.24) is 0 Å². The highest BCUT2D eigenvalue weighted by molar-refractivity contribution is 7.08. The van der Waals surface area contributed by atoms with Gasteiger partial charge in [0, 0.05) is 11.1 Å². The predicted octanol–water partition coefficient (Wildman–Crippen LogP) is 4.09. The van der Waals surface area contributed by atoms with Crippen LogP contribution in [0.25, 0.3) is 0 Å². The largest absolute Gasteiger partial charge is 0.324 e. The standard InChI is InChI=1S/C13H13ClFNS/c1-8-6-17-7-11(8)13(16)5-9-4-10(14)2-3-12(9)15/h2-4,6-7,13H,5,16H2,1H3. The maximum absolute atomic E-state index is 13.6. The Balaban J connectivity index is 2.21. The zero-order valence-electron chi connectivity index (χ0n) is 9.41. The van der Waals surface area contributed by atoms with Crippen LogP contribution in [-0.2, 0) is 6.42 Å². The zero-order chi connectivity index (χ0) is 12.4. The summed E-state index contributed by atoms with van der Waals surface area (Å²) in [6, 6.07) is 4.37. The second-order valence-corrected chi connectivity index (χ2v) is 5.24. The minimum absolute atomic E-state index is 0.186. The van der Waals surface area contributed by atoms with Gasteiger partial charge in [0.25, 0.3) is 0 Å². The van der Waals surface area contributed by atoms with E-state index in [-0.39, 0.29) is 11.9 Å². The zero-order valence-corrected chi connectivity index (χ0v) is 11.0. The fourth-order valence-electron chi connectivity index (χ4n) is 1.80. The van der Waals surface area contributed by atoms with Crippen LogP contribution in [0.3, 0.4) is 0 Å². The number of aryl methyl sites for hydroxylation is 1. The van der Waals surface area contributed by atoms with E-state index in [2.05, 4.69) is 0 Å². The first kappa shape index (κ1) is 12.6. The lowest BCUT2D eigenvalue weighted by molar-refractivity contribution is 0.593. The third kappa shape index (κ3) is 2.86. The molecule has 1 nitrogen and oxygen atoms in total. The molecule has 0 amide bonds. The molecular formula is C13H13ClFNS. The molecule has 0 saturated heterocycles. The van der Waals surface area contributed by atoms with Crippen LogP contribution < -0.4 is 5.73 Å². The summed E-state index contributed by atoms with van der Waals surface area (Å²) in [5.74, 6) is -0.252. The van der Waals surface area contributed by atoms with Gasteiger partial charge < -0.3 is 5.73 Å². The smallest absolute Gasteiger partial charge is 0.126 e. The van der Waals surface area contributed by atoms with Crippen molar-refractivity contribution in [3.63, 3.8) is 0 Å². The molecule has 1 unspecified atom stereocenters. The van der Waals surface area contributed by atoms with Crippen LogP contribution in [0.5, 0.6) is 0 Å². The summed E-state index contributed by atoms with van der Waals surface area (Å²) in [5.41, 5.74) is 8.89. The van der Waals surface area contributed by atoms with Crippen LogP contribution in [0, 0.1) is 12.7 Å². The van der Waals surface area contributed by atoms with Crippen molar-refractivity contribution in [2.75, 3.05) is 0 Å². The molecule has 2 aromatic rings. The van der Waals surface area contributed by atoms with Gasteiger partial charge in [0.1, 0.15) is 5.82 Å². The van der Waals surface area contributed by atoms with Crippen LogP contribution in [0.1, 0.15) is 22.7 Å². The third-order valence-electron chi connectivity index (χ3n) is 2.74. The van der Waals surface area contributed by atoms with Crippen LogP contribution >= 0.6 is 22.9 Å². The highest BCUT2D eigenvalue weighted by Crippen LogP contribution is 2.25. The van der Waals surface area contributed by atoms with Crippen molar-refractivity contribution < 1.29 is 4.39 Å². The topological polar surface area (TPSA) is 26.0 Å². The fraction of sp³-hybridized carbons (Fsp3) is 0.231. The molecule has 0 aliphatic carbocycles. The van der Waals surface area contributed by atoms with Crippen LogP contribution in [0.4, 0.5) is 4.39 Å². The second-order valence-electron chi connectivity index (χ2n) is 4.06. The van der Waals surface area contributed by atoms with Gasteiger partial charge in [-0.2, -0.15) is 11.3 Å². The lowest BCUT2D eigenvalue weighted by atomic mass is 9.99. The summed E-state index contributed by atoms with van der Waals surface area (Å²) >= 11 is 7.46. The Morgan fingerprint density at radius 3 is 2.82 bits per heavy atom. The van der Waals surface area contributed by atoms with Crippen LogP contribution in [-0.4, -0.2) is 0 Å². The molecule has 1 heterocycles. The van der Waals surface area contributed by atoms with Crippen molar-refractivity contribution in [2.24, 2.45) is 5.73 Å². The monoisotopic (exact) mass is 269 g/mol. The number of benzene rings is 1. The molecule has 0 saturated carbocycles. The average Bonchev–Trinajstić information content (AvgIpc) is 2.70. The first-order valence-corrected chi connectivity index (χ1v) is 6.62. The van der Waals surface area contributed by atoms with Crippen molar-refractivity contribution in [3.8, 4) is 0 Å². The summed E-state index contributed by atoms with van der Waals surface area (Å²) in [5, 5.41) is 4.60. The summed E-state index contributed by atoms with van der Waals surface area (Å²) < 4.78 is 13.6. The van der Waals surface area contributed by atoms with Crippen molar-refractivity contribution in [2.45, 2.75) is 19.4 Å². The Hall–Kier alpha value is -0.900. The van der Waals surface area contributed by atoms with Gasteiger partial charge in [0.2, 0.25) is 0 Å². The molecular weight excluding hydrogens is 257 g/mol. The van der Waals surface area contributed by atoms with E-state index in [1.54, 1.807) is 23.5 Å². The van der Waals surface area contributed by atoms with E-state index in [9.17, 15) is 4.39 Å². The van der Waals surface area contributed by atoms with Crippen molar-refractivity contribution >= 4 is 22.9 Å². The van der Waals surface area contributed by atoms with E-state index < -0.39 is 0 Å². The van der Waals surface area contributed by atoms with E-state index >= 15 is 0 Å². The van der Waals surface area contributed by atoms with Gasteiger partial charge >= 0.3 is 0 Å².